The fourth-order valence-electron chi connectivity index (χ4n) is 3.20. The maximum atomic E-state index is 12.2. The Morgan fingerprint density at radius 2 is 1.91 bits per heavy atom. The first kappa shape index (κ1) is 14.8. The van der Waals surface area contributed by atoms with Gasteiger partial charge in [-0.25, -0.2) is 0 Å². The second-order valence-corrected chi connectivity index (χ2v) is 5.88. The van der Waals surface area contributed by atoms with Crippen LogP contribution in [-0.2, 0) is 11.2 Å². The van der Waals surface area contributed by atoms with Crippen molar-refractivity contribution in [3.8, 4) is 0 Å². The number of amides is 1. The van der Waals surface area contributed by atoms with Crippen molar-refractivity contribution in [1.82, 2.24) is 0 Å². The average molecular weight is 295 g/mol. The third-order valence-electron chi connectivity index (χ3n) is 4.48. The molecule has 2 unspecified atom stereocenters. The Hall–Kier alpha value is -2.13. The summed E-state index contributed by atoms with van der Waals surface area (Å²) in [6.07, 6.45) is 0.820. The Kier molecular flexibility index (Phi) is 3.99. The molecular formula is C19H21NO2. The molecule has 0 bridgehead atoms. The lowest BCUT2D eigenvalue weighted by atomic mass is 9.93. The van der Waals surface area contributed by atoms with Gasteiger partial charge in [-0.05, 0) is 29.2 Å². The van der Waals surface area contributed by atoms with Crippen LogP contribution in [-0.4, -0.2) is 18.1 Å². The highest BCUT2D eigenvalue weighted by atomic mass is 16.3. The number of carbonyl (C=O) groups is 1. The Labute approximate surface area is 131 Å². The number of aliphatic hydroxyl groups is 1. The van der Waals surface area contributed by atoms with Crippen LogP contribution in [0.25, 0.3) is 0 Å². The van der Waals surface area contributed by atoms with Gasteiger partial charge in [-0.1, -0.05) is 49.4 Å². The first-order valence-electron chi connectivity index (χ1n) is 7.75. The van der Waals surface area contributed by atoms with Crippen LogP contribution in [0.15, 0.2) is 48.5 Å². The highest BCUT2D eigenvalue weighted by molar-refractivity contribution is 6.04. The number of benzene rings is 2. The van der Waals surface area contributed by atoms with E-state index in [4.69, 9.17) is 0 Å². The lowest BCUT2D eigenvalue weighted by Gasteiger charge is -2.14. The molecule has 2 atom stereocenters. The molecule has 0 aromatic heterocycles. The molecule has 0 aliphatic carbocycles. The van der Waals surface area contributed by atoms with Gasteiger partial charge in [0.25, 0.3) is 0 Å². The molecule has 0 fully saturated rings. The van der Waals surface area contributed by atoms with Crippen molar-refractivity contribution in [3.63, 3.8) is 0 Å². The third-order valence-corrected chi connectivity index (χ3v) is 4.48. The topological polar surface area (TPSA) is 40.5 Å². The van der Waals surface area contributed by atoms with Crippen molar-refractivity contribution < 1.29 is 9.90 Å². The predicted molar refractivity (Wildman–Crippen MR) is 88.0 cm³/mol. The van der Waals surface area contributed by atoms with Gasteiger partial charge < -0.3 is 10.0 Å². The van der Waals surface area contributed by atoms with Crippen LogP contribution in [0.1, 0.15) is 42.1 Å². The second kappa shape index (κ2) is 5.93. The molecule has 1 aliphatic rings. The van der Waals surface area contributed by atoms with Crippen LogP contribution in [0, 0.1) is 0 Å². The zero-order valence-corrected chi connectivity index (χ0v) is 13.0. The molecular weight excluding hydrogens is 274 g/mol. The number of fused-ring (bicyclic) bond motifs is 1. The van der Waals surface area contributed by atoms with Gasteiger partial charge in [-0.3, -0.25) is 4.79 Å². The maximum Gasteiger partial charge on any atom is 0.234 e. The Bertz CT molecular complexity index is 681. The summed E-state index contributed by atoms with van der Waals surface area (Å²) in [7, 11) is 1.82. The predicted octanol–water partition coefficient (Wildman–Crippen LogP) is 3.43. The number of anilines is 1. The van der Waals surface area contributed by atoms with Crippen LogP contribution in [0.2, 0.25) is 0 Å². The van der Waals surface area contributed by atoms with Crippen molar-refractivity contribution in [2.75, 3.05) is 11.9 Å². The summed E-state index contributed by atoms with van der Waals surface area (Å²) in [6.45, 7) is 2.03. The van der Waals surface area contributed by atoms with Crippen LogP contribution in [0.4, 0.5) is 5.69 Å². The molecule has 0 saturated heterocycles. The minimum absolute atomic E-state index is 0.0797. The van der Waals surface area contributed by atoms with Gasteiger partial charge in [0.1, 0.15) is 0 Å². The lowest BCUT2D eigenvalue weighted by Crippen LogP contribution is -2.23. The molecule has 1 amide bonds. The fourth-order valence-corrected chi connectivity index (χ4v) is 3.20. The van der Waals surface area contributed by atoms with E-state index in [0.717, 1.165) is 28.8 Å². The van der Waals surface area contributed by atoms with Gasteiger partial charge in [-0.15, -0.1) is 0 Å². The molecule has 114 valence electrons. The molecule has 2 aromatic rings. The molecule has 3 rings (SSSR count). The number of rotatable bonds is 4. The summed E-state index contributed by atoms with van der Waals surface area (Å²) in [5.74, 6) is 0.0658. The normalized spacial score (nSPS) is 18.4. The minimum atomic E-state index is -0.550. The lowest BCUT2D eigenvalue weighted by molar-refractivity contribution is -0.119. The van der Waals surface area contributed by atoms with Gasteiger partial charge in [0.15, 0.2) is 0 Å². The summed E-state index contributed by atoms with van der Waals surface area (Å²) >= 11 is 0. The molecule has 0 saturated carbocycles. The van der Waals surface area contributed by atoms with E-state index in [9.17, 15) is 9.90 Å². The van der Waals surface area contributed by atoms with E-state index in [2.05, 4.69) is 0 Å². The number of hydrogen-bond donors (Lipinski definition) is 1. The van der Waals surface area contributed by atoms with Gasteiger partial charge in [0, 0.05) is 19.2 Å². The molecule has 1 N–H and O–H groups in total. The highest BCUT2D eigenvalue weighted by Gasteiger charge is 2.34. The average Bonchev–Trinajstić information content (AvgIpc) is 2.79. The molecule has 0 radical (unpaired) electrons. The monoisotopic (exact) mass is 295 g/mol. The highest BCUT2D eigenvalue weighted by Crippen LogP contribution is 2.39. The molecule has 1 aliphatic heterocycles. The summed E-state index contributed by atoms with van der Waals surface area (Å²) in [5.41, 5.74) is 3.99. The second-order valence-electron chi connectivity index (χ2n) is 5.88. The number of carbonyl (C=O) groups excluding carboxylic acids is 1. The first-order valence-corrected chi connectivity index (χ1v) is 7.75. The van der Waals surface area contributed by atoms with E-state index < -0.39 is 6.10 Å². The smallest absolute Gasteiger partial charge is 0.234 e. The molecule has 0 spiro atoms. The number of nitrogens with zero attached hydrogens (tertiary/aromatic N) is 1. The molecule has 22 heavy (non-hydrogen) atoms. The molecule has 1 heterocycles. The van der Waals surface area contributed by atoms with Crippen molar-refractivity contribution in [2.24, 2.45) is 0 Å². The Balaban J connectivity index is 1.88. The molecule has 3 nitrogen and oxygen atoms in total. The van der Waals surface area contributed by atoms with Crippen LogP contribution >= 0.6 is 0 Å². The van der Waals surface area contributed by atoms with Gasteiger partial charge in [0.05, 0.1) is 12.0 Å². The Morgan fingerprint density at radius 3 is 2.59 bits per heavy atom. The summed E-state index contributed by atoms with van der Waals surface area (Å²) < 4.78 is 0. The van der Waals surface area contributed by atoms with Gasteiger partial charge >= 0.3 is 0 Å². The summed E-state index contributed by atoms with van der Waals surface area (Å²) in [4.78, 5) is 13.9. The minimum Gasteiger partial charge on any atom is -0.388 e. The van der Waals surface area contributed by atoms with E-state index in [-0.39, 0.29) is 11.8 Å². The molecule has 2 aromatic carbocycles. The zero-order chi connectivity index (χ0) is 15.7. The van der Waals surface area contributed by atoms with Gasteiger partial charge in [-0.2, -0.15) is 0 Å². The van der Waals surface area contributed by atoms with E-state index in [1.807, 2.05) is 62.5 Å². The number of aliphatic hydroxyl groups excluding tert-OH is 1. The van der Waals surface area contributed by atoms with Crippen molar-refractivity contribution in [3.05, 3.63) is 65.2 Å². The van der Waals surface area contributed by atoms with E-state index in [0.29, 0.717) is 6.42 Å². The standard InChI is InChI=1S/C19H21NO2/c1-3-15-16-12-14(9-10-17(16)20(2)19(15)22)18(21)11-13-7-5-4-6-8-13/h4-10,12,15,18,21H,3,11H2,1-2H3. The van der Waals surface area contributed by atoms with Crippen LogP contribution < -0.4 is 4.90 Å². The zero-order valence-electron chi connectivity index (χ0n) is 13.0. The summed E-state index contributed by atoms with van der Waals surface area (Å²) in [6, 6.07) is 15.8. The van der Waals surface area contributed by atoms with E-state index in [1.54, 1.807) is 4.90 Å². The molecule has 3 heteroatoms. The maximum absolute atomic E-state index is 12.2. The quantitative estimate of drug-likeness (QED) is 0.938. The first-order chi connectivity index (χ1) is 10.6. The van der Waals surface area contributed by atoms with Crippen molar-refractivity contribution >= 4 is 11.6 Å². The largest absolute Gasteiger partial charge is 0.388 e. The number of likely N-dealkylation sites (N-methyl/N-ethyl adjacent to an activating group) is 1. The number of hydrogen-bond acceptors (Lipinski definition) is 2. The SMILES string of the molecule is CCC1C(=O)N(C)c2ccc(C(O)Cc3ccccc3)cc21. The fraction of sp³-hybridized carbons (Fsp3) is 0.316. The van der Waals surface area contributed by atoms with E-state index in [1.165, 1.54) is 0 Å². The van der Waals surface area contributed by atoms with Crippen LogP contribution in [0.5, 0.6) is 0 Å². The van der Waals surface area contributed by atoms with Crippen LogP contribution in [0.3, 0.4) is 0 Å². The summed E-state index contributed by atoms with van der Waals surface area (Å²) in [5, 5.41) is 10.5. The van der Waals surface area contributed by atoms with E-state index >= 15 is 0 Å². The third kappa shape index (κ3) is 2.53. The van der Waals surface area contributed by atoms with Gasteiger partial charge in [0.2, 0.25) is 5.91 Å². The van der Waals surface area contributed by atoms with Crippen molar-refractivity contribution in [1.29, 1.82) is 0 Å². The Morgan fingerprint density at radius 1 is 1.18 bits per heavy atom. The van der Waals surface area contributed by atoms with Crippen molar-refractivity contribution in [2.45, 2.75) is 31.8 Å².